The van der Waals surface area contributed by atoms with Crippen molar-refractivity contribution in [3.8, 4) is 0 Å². The molecule has 0 N–H and O–H groups in total. The highest BCUT2D eigenvalue weighted by atomic mass is 35.6. The Morgan fingerprint density at radius 1 is 0.917 bits per heavy atom. The van der Waals surface area contributed by atoms with E-state index in [0.717, 1.165) is 5.72 Å². The average Bonchev–Trinajstić information content (AvgIpc) is 2.84. The standard InChI is InChI=1S/C11H20BCl3N2.C7H8/c1-10(2,3)16-7-8-17(11(4,5)6)9(16)12(13,14)15;1-7-5-3-2-4-6-7/h7-8H,1-6H3;2-6H,1H3. The number of nitrogens with zero attached hydrogens (tertiary/aromatic N) is 2. The zero-order valence-corrected chi connectivity index (χ0v) is 17.9. The number of benzene rings is 1. The van der Waals surface area contributed by atoms with Crippen molar-refractivity contribution in [1.82, 2.24) is 4.57 Å². The molecule has 0 aliphatic carbocycles. The van der Waals surface area contributed by atoms with E-state index in [2.05, 4.69) is 60.6 Å². The van der Waals surface area contributed by atoms with Crippen molar-refractivity contribution in [3.05, 3.63) is 48.3 Å². The SMILES string of the molecule is CC(C)(C)n1cc[n+](C(C)(C)C)c1[B-](Cl)(Cl)Cl.Cc1ccccc1. The fourth-order valence-electron chi connectivity index (χ4n) is 2.39. The van der Waals surface area contributed by atoms with Gasteiger partial charge in [0.15, 0.2) is 0 Å². The van der Waals surface area contributed by atoms with Crippen molar-refractivity contribution >= 4 is 44.5 Å². The lowest BCUT2D eigenvalue weighted by Gasteiger charge is -2.29. The Balaban J connectivity index is 0.000000341. The molecule has 0 amide bonds. The second-order valence-corrected chi connectivity index (χ2v) is 10.6. The van der Waals surface area contributed by atoms with Crippen LogP contribution < -0.4 is 10.3 Å². The summed E-state index contributed by atoms with van der Waals surface area (Å²) in [5, 5.41) is 0. The van der Waals surface area contributed by atoms with Gasteiger partial charge in [0.2, 0.25) is 0 Å². The van der Waals surface area contributed by atoms with Gasteiger partial charge in [0.25, 0.3) is 0 Å². The molecular weight excluding hydrogens is 361 g/mol. The molecule has 24 heavy (non-hydrogen) atoms. The van der Waals surface area contributed by atoms with Gasteiger partial charge in [0.05, 0.1) is 11.1 Å². The van der Waals surface area contributed by atoms with Gasteiger partial charge in [-0.25, -0.2) is 0 Å². The van der Waals surface area contributed by atoms with Crippen LogP contribution in [0.25, 0.3) is 0 Å². The van der Waals surface area contributed by atoms with Crippen LogP contribution in [0.1, 0.15) is 47.1 Å². The van der Waals surface area contributed by atoms with Gasteiger partial charge in [-0.3, -0.25) is 9.13 Å². The van der Waals surface area contributed by atoms with E-state index in [1.807, 2.05) is 39.7 Å². The Hall–Kier alpha value is -0.635. The molecule has 0 aliphatic rings. The van der Waals surface area contributed by atoms with Crippen molar-refractivity contribution in [3.63, 3.8) is 0 Å². The molecule has 2 aromatic rings. The fraction of sp³-hybridized carbons (Fsp3) is 0.500. The van der Waals surface area contributed by atoms with Crippen LogP contribution in [0.2, 0.25) is 0 Å². The highest BCUT2D eigenvalue weighted by molar-refractivity contribution is 7.69. The monoisotopic (exact) mass is 388 g/mol. The van der Waals surface area contributed by atoms with Gasteiger partial charge in [-0.1, -0.05) is 35.9 Å². The minimum absolute atomic E-state index is 0.114. The van der Waals surface area contributed by atoms with E-state index in [-0.39, 0.29) is 11.1 Å². The number of rotatable bonds is 1. The van der Waals surface area contributed by atoms with Crippen LogP contribution in [0.4, 0.5) is 0 Å². The molecule has 0 saturated heterocycles. The number of hydrogen-bond acceptors (Lipinski definition) is 0. The maximum atomic E-state index is 6.17. The molecule has 0 spiro atoms. The van der Waals surface area contributed by atoms with Gasteiger partial charge < -0.3 is 34.4 Å². The van der Waals surface area contributed by atoms with Crippen LogP contribution in [0, 0.1) is 6.92 Å². The first kappa shape index (κ1) is 21.4. The normalized spacial score (nSPS) is 12.6. The number of hydrogen-bond donors (Lipinski definition) is 0. The number of aromatic nitrogens is 2. The Morgan fingerprint density at radius 3 is 1.71 bits per heavy atom. The lowest BCUT2D eigenvalue weighted by atomic mass is 9.97. The van der Waals surface area contributed by atoms with Gasteiger partial charge in [0, 0.05) is 0 Å². The van der Waals surface area contributed by atoms with E-state index in [0.29, 0.717) is 0 Å². The largest absolute Gasteiger partial charge is 0.359 e. The Morgan fingerprint density at radius 2 is 1.42 bits per heavy atom. The van der Waals surface area contributed by atoms with Crippen LogP contribution in [0.3, 0.4) is 0 Å². The Bertz CT molecular complexity index is 616. The molecule has 1 heterocycles. The van der Waals surface area contributed by atoms with E-state index < -0.39 is 4.39 Å². The van der Waals surface area contributed by atoms with Crippen molar-refractivity contribution in [2.24, 2.45) is 0 Å². The zero-order valence-electron chi connectivity index (χ0n) is 15.6. The van der Waals surface area contributed by atoms with Crippen LogP contribution in [0.5, 0.6) is 0 Å². The maximum absolute atomic E-state index is 6.17. The van der Waals surface area contributed by atoms with Crippen molar-refractivity contribution in [1.29, 1.82) is 0 Å². The molecular formula is C18H28BCl3N2. The molecule has 0 aliphatic heterocycles. The third-order valence-corrected chi connectivity index (χ3v) is 4.12. The third kappa shape index (κ3) is 6.02. The lowest BCUT2D eigenvalue weighted by Crippen LogP contribution is -2.67. The summed E-state index contributed by atoms with van der Waals surface area (Å²) in [6.07, 6.45) is 3.95. The van der Waals surface area contributed by atoms with E-state index in [9.17, 15) is 0 Å². The zero-order chi connectivity index (χ0) is 18.8. The smallest absolute Gasteiger partial charge is 0.337 e. The molecule has 0 unspecified atom stereocenters. The van der Waals surface area contributed by atoms with Crippen LogP contribution >= 0.6 is 34.4 Å². The minimum Gasteiger partial charge on any atom is -0.337 e. The predicted octanol–water partition coefficient (Wildman–Crippen LogP) is 5.14. The number of halogens is 3. The summed E-state index contributed by atoms with van der Waals surface area (Å²) in [6.45, 7) is 14.6. The van der Waals surface area contributed by atoms with E-state index in [1.165, 1.54) is 5.56 Å². The second-order valence-electron chi connectivity index (χ2n) is 7.97. The van der Waals surface area contributed by atoms with Crippen LogP contribution in [-0.2, 0) is 11.1 Å². The molecule has 1 aromatic heterocycles. The molecule has 0 saturated carbocycles. The van der Waals surface area contributed by atoms with Crippen LogP contribution in [0.15, 0.2) is 42.7 Å². The topological polar surface area (TPSA) is 8.81 Å². The van der Waals surface area contributed by atoms with Crippen LogP contribution in [-0.4, -0.2) is 8.96 Å². The van der Waals surface area contributed by atoms with Crippen molar-refractivity contribution in [2.75, 3.05) is 0 Å². The highest BCUT2D eigenvalue weighted by Gasteiger charge is 2.38. The number of imidazole rings is 1. The third-order valence-electron chi connectivity index (χ3n) is 3.54. The van der Waals surface area contributed by atoms with Gasteiger partial charge in [-0.15, -0.1) is 0 Å². The summed E-state index contributed by atoms with van der Waals surface area (Å²) in [6, 6.07) is 10.3. The highest BCUT2D eigenvalue weighted by Crippen LogP contribution is 2.23. The molecule has 1 aromatic carbocycles. The molecule has 2 nitrogen and oxygen atoms in total. The summed E-state index contributed by atoms with van der Waals surface area (Å²) in [4.78, 5) is 0. The molecule has 0 radical (unpaired) electrons. The quantitative estimate of drug-likeness (QED) is 0.471. The summed E-state index contributed by atoms with van der Waals surface area (Å²) in [5.41, 5.74) is 1.84. The fourth-order valence-corrected chi connectivity index (χ4v) is 3.02. The molecule has 0 fully saturated rings. The first-order valence-electron chi connectivity index (χ1n) is 8.10. The van der Waals surface area contributed by atoms with E-state index >= 15 is 0 Å². The molecule has 6 heteroatoms. The first-order valence-corrected chi connectivity index (χ1v) is 9.41. The van der Waals surface area contributed by atoms with Gasteiger partial charge in [-0.05, 0) is 48.5 Å². The summed E-state index contributed by atoms with van der Waals surface area (Å²) >= 11 is 18.5. The minimum atomic E-state index is -2.12. The molecule has 0 atom stereocenters. The molecule has 134 valence electrons. The maximum Gasteiger partial charge on any atom is 0.359 e. The predicted molar refractivity (Wildman–Crippen MR) is 109 cm³/mol. The van der Waals surface area contributed by atoms with Gasteiger partial charge >= 0.3 is 4.39 Å². The molecule has 0 bridgehead atoms. The average molecular weight is 390 g/mol. The summed E-state index contributed by atoms with van der Waals surface area (Å²) < 4.78 is 1.95. The van der Waals surface area contributed by atoms with Crippen molar-refractivity contribution in [2.45, 2.75) is 59.5 Å². The van der Waals surface area contributed by atoms with E-state index in [1.54, 1.807) is 0 Å². The van der Waals surface area contributed by atoms with Gasteiger partial charge in [-0.2, -0.15) is 0 Å². The summed E-state index contributed by atoms with van der Waals surface area (Å²) in [5.74, 6) is 0. The lowest BCUT2D eigenvalue weighted by molar-refractivity contribution is -0.738. The summed E-state index contributed by atoms with van der Waals surface area (Å²) in [7, 11) is 0. The van der Waals surface area contributed by atoms with Crippen molar-refractivity contribution < 1.29 is 4.57 Å². The molecule has 2 rings (SSSR count). The first-order chi connectivity index (χ1) is 10.7. The second kappa shape index (κ2) is 7.72. The Labute approximate surface area is 161 Å². The number of aryl methyl sites for hydroxylation is 1. The van der Waals surface area contributed by atoms with E-state index in [4.69, 9.17) is 34.4 Å². The Kier molecular flexibility index (Phi) is 6.89. The van der Waals surface area contributed by atoms with Gasteiger partial charge in [0.1, 0.15) is 18.1 Å².